The molecule has 140 valence electrons. The van der Waals surface area contributed by atoms with E-state index in [0.29, 0.717) is 21.6 Å². The van der Waals surface area contributed by atoms with Gasteiger partial charge in [-0.2, -0.15) is 0 Å². The maximum atomic E-state index is 12.4. The Balaban J connectivity index is 1.92. The molecule has 3 rings (SSSR count). The van der Waals surface area contributed by atoms with Crippen molar-refractivity contribution in [3.63, 3.8) is 0 Å². The SMILES string of the molecule is COc1cc(OC)c(C=C2SC(=Nc3cc(C)cc(C)c3)NC2=O)cc1Br. The first kappa shape index (κ1) is 19.5. The van der Waals surface area contributed by atoms with Crippen LogP contribution in [0, 0.1) is 13.8 Å². The number of halogens is 1. The van der Waals surface area contributed by atoms with E-state index in [9.17, 15) is 4.79 Å². The van der Waals surface area contributed by atoms with E-state index in [1.54, 1.807) is 26.4 Å². The van der Waals surface area contributed by atoms with Gasteiger partial charge in [-0.15, -0.1) is 0 Å². The van der Waals surface area contributed by atoms with Gasteiger partial charge in [0.1, 0.15) is 11.5 Å². The van der Waals surface area contributed by atoms with Crippen molar-refractivity contribution in [3.05, 3.63) is 56.4 Å². The molecule has 1 fully saturated rings. The fourth-order valence-corrected chi connectivity index (χ4v) is 4.11. The van der Waals surface area contributed by atoms with Crippen LogP contribution in [-0.2, 0) is 4.79 Å². The zero-order valence-electron chi connectivity index (χ0n) is 15.4. The summed E-state index contributed by atoms with van der Waals surface area (Å²) in [5.74, 6) is 1.10. The number of methoxy groups -OCH3 is 2. The molecule has 5 nitrogen and oxygen atoms in total. The summed E-state index contributed by atoms with van der Waals surface area (Å²) in [6.07, 6.45) is 1.78. The Labute approximate surface area is 171 Å². The molecule has 0 saturated carbocycles. The van der Waals surface area contributed by atoms with Crippen LogP contribution < -0.4 is 14.8 Å². The maximum absolute atomic E-state index is 12.4. The van der Waals surface area contributed by atoms with Crippen LogP contribution in [0.5, 0.6) is 11.5 Å². The van der Waals surface area contributed by atoms with E-state index in [4.69, 9.17) is 9.47 Å². The zero-order valence-corrected chi connectivity index (χ0v) is 17.8. The third-order valence-corrected chi connectivity index (χ3v) is 5.41. The molecular weight excluding hydrogens is 428 g/mol. The van der Waals surface area contributed by atoms with Crippen LogP contribution in [0.15, 0.2) is 44.7 Å². The number of nitrogens with zero attached hydrogens (tertiary/aromatic N) is 1. The number of hydrogen-bond donors (Lipinski definition) is 1. The summed E-state index contributed by atoms with van der Waals surface area (Å²) in [4.78, 5) is 17.5. The van der Waals surface area contributed by atoms with Gasteiger partial charge in [-0.05, 0) is 76.9 Å². The van der Waals surface area contributed by atoms with E-state index in [1.807, 2.05) is 32.0 Å². The van der Waals surface area contributed by atoms with Crippen LogP contribution in [0.2, 0.25) is 0 Å². The Kier molecular flexibility index (Phi) is 5.92. The summed E-state index contributed by atoms with van der Waals surface area (Å²) in [5, 5.41) is 3.37. The molecule has 0 atom stereocenters. The first-order valence-corrected chi connectivity index (χ1v) is 9.80. The highest BCUT2D eigenvalue weighted by Gasteiger charge is 2.24. The average Bonchev–Trinajstić information content (AvgIpc) is 2.93. The lowest BCUT2D eigenvalue weighted by atomic mass is 10.1. The van der Waals surface area contributed by atoms with Crippen LogP contribution in [0.4, 0.5) is 5.69 Å². The molecule has 0 aliphatic carbocycles. The van der Waals surface area contributed by atoms with Crippen LogP contribution in [0.3, 0.4) is 0 Å². The molecule has 1 aliphatic rings. The highest BCUT2D eigenvalue weighted by Crippen LogP contribution is 2.36. The van der Waals surface area contributed by atoms with Gasteiger partial charge in [0.25, 0.3) is 5.91 Å². The molecule has 0 bridgehead atoms. The molecular formula is C20H19BrN2O3S. The van der Waals surface area contributed by atoms with Crippen molar-refractivity contribution in [2.45, 2.75) is 13.8 Å². The number of carbonyl (C=O) groups is 1. The molecule has 1 amide bonds. The fourth-order valence-electron chi connectivity index (χ4n) is 2.75. The number of nitrogens with one attached hydrogen (secondary N) is 1. The Hall–Kier alpha value is -2.25. The van der Waals surface area contributed by atoms with E-state index in [2.05, 4.69) is 32.3 Å². The number of amides is 1. The molecule has 1 heterocycles. The van der Waals surface area contributed by atoms with Crippen molar-refractivity contribution in [1.82, 2.24) is 5.32 Å². The average molecular weight is 447 g/mol. The van der Waals surface area contributed by atoms with Gasteiger partial charge in [0.05, 0.1) is 29.3 Å². The summed E-state index contributed by atoms with van der Waals surface area (Å²) in [7, 11) is 3.17. The van der Waals surface area contributed by atoms with E-state index in [0.717, 1.165) is 26.9 Å². The van der Waals surface area contributed by atoms with Gasteiger partial charge in [0, 0.05) is 11.6 Å². The van der Waals surface area contributed by atoms with Gasteiger partial charge >= 0.3 is 0 Å². The summed E-state index contributed by atoms with van der Waals surface area (Å²) in [6, 6.07) is 9.69. The van der Waals surface area contributed by atoms with E-state index >= 15 is 0 Å². The molecule has 1 N–H and O–H groups in total. The number of aliphatic imine (C=N–C) groups is 1. The Morgan fingerprint density at radius 3 is 2.33 bits per heavy atom. The predicted molar refractivity (Wildman–Crippen MR) is 114 cm³/mol. The van der Waals surface area contributed by atoms with Crippen LogP contribution in [-0.4, -0.2) is 25.3 Å². The molecule has 1 aliphatic heterocycles. The monoisotopic (exact) mass is 446 g/mol. The Bertz CT molecular complexity index is 950. The Morgan fingerprint density at radius 1 is 1.04 bits per heavy atom. The minimum Gasteiger partial charge on any atom is -0.496 e. The van der Waals surface area contributed by atoms with Crippen LogP contribution in [0.1, 0.15) is 16.7 Å². The number of ether oxygens (including phenoxy) is 2. The van der Waals surface area contributed by atoms with Gasteiger partial charge in [-0.25, -0.2) is 4.99 Å². The van der Waals surface area contributed by atoms with Gasteiger partial charge in [0.15, 0.2) is 5.17 Å². The molecule has 1 saturated heterocycles. The van der Waals surface area contributed by atoms with Gasteiger partial charge < -0.3 is 14.8 Å². The van der Waals surface area contributed by atoms with Gasteiger partial charge in [-0.1, -0.05) is 6.07 Å². The van der Waals surface area contributed by atoms with Crippen LogP contribution >= 0.6 is 27.7 Å². The Morgan fingerprint density at radius 2 is 1.70 bits per heavy atom. The lowest BCUT2D eigenvalue weighted by Crippen LogP contribution is -2.19. The van der Waals surface area contributed by atoms with E-state index < -0.39 is 0 Å². The number of benzene rings is 2. The van der Waals surface area contributed by atoms with E-state index in [-0.39, 0.29) is 5.91 Å². The van der Waals surface area contributed by atoms with Crippen LogP contribution in [0.25, 0.3) is 6.08 Å². The molecule has 0 radical (unpaired) electrons. The lowest BCUT2D eigenvalue weighted by molar-refractivity contribution is -0.115. The molecule has 0 spiro atoms. The largest absolute Gasteiger partial charge is 0.496 e. The highest BCUT2D eigenvalue weighted by atomic mass is 79.9. The smallest absolute Gasteiger partial charge is 0.264 e. The summed E-state index contributed by atoms with van der Waals surface area (Å²) in [5.41, 5.74) is 3.86. The second kappa shape index (κ2) is 8.19. The second-order valence-electron chi connectivity index (χ2n) is 6.06. The molecule has 2 aromatic carbocycles. The first-order chi connectivity index (χ1) is 12.9. The quantitative estimate of drug-likeness (QED) is 0.673. The standard InChI is InChI=1S/C20H19BrN2O3S/c1-11-5-12(2)7-14(6-11)22-20-23-19(24)18(27-20)9-13-8-15(21)17(26-4)10-16(13)25-3/h5-10H,1-4H3,(H,22,23,24). The minimum atomic E-state index is -0.183. The summed E-state index contributed by atoms with van der Waals surface area (Å²) >= 11 is 4.77. The number of amidine groups is 1. The molecule has 2 aromatic rings. The third kappa shape index (κ3) is 4.54. The van der Waals surface area contributed by atoms with Gasteiger partial charge in [0.2, 0.25) is 0 Å². The van der Waals surface area contributed by atoms with Crippen molar-refractivity contribution >= 4 is 50.5 Å². The first-order valence-electron chi connectivity index (χ1n) is 8.19. The van der Waals surface area contributed by atoms with Crippen molar-refractivity contribution in [2.75, 3.05) is 14.2 Å². The maximum Gasteiger partial charge on any atom is 0.264 e. The topological polar surface area (TPSA) is 59.9 Å². The predicted octanol–water partition coefficient (Wildman–Crippen LogP) is 4.97. The van der Waals surface area contributed by atoms with E-state index in [1.165, 1.54) is 11.8 Å². The van der Waals surface area contributed by atoms with Crippen molar-refractivity contribution < 1.29 is 14.3 Å². The number of rotatable bonds is 4. The second-order valence-corrected chi connectivity index (χ2v) is 7.94. The number of hydrogen-bond acceptors (Lipinski definition) is 5. The fraction of sp³-hybridized carbons (Fsp3) is 0.200. The highest BCUT2D eigenvalue weighted by molar-refractivity contribution is 9.10. The number of aryl methyl sites for hydroxylation is 2. The van der Waals surface area contributed by atoms with Crippen molar-refractivity contribution in [3.8, 4) is 11.5 Å². The van der Waals surface area contributed by atoms with Crippen molar-refractivity contribution in [1.29, 1.82) is 0 Å². The lowest BCUT2D eigenvalue weighted by Gasteiger charge is -2.10. The normalized spacial score (nSPS) is 16.7. The zero-order chi connectivity index (χ0) is 19.6. The van der Waals surface area contributed by atoms with Gasteiger partial charge in [-0.3, -0.25) is 4.79 Å². The molecule has 0 unspecified atom stereocenters. The summed E-state index contributed by atoms with van der Waals surface area (Å²) < 4.78 is 11.5. The minimum absolute atomic E-state index is 0.183. The number of thioether (sulfide) groups is 1. The third-order valence-electron chi connectivity index (χ3n) is 3.88. The van der Waals surface area contributed by atoms with Crippen molar-refractivity contribution in [2.24, 2.45) is 4.99 Å². The molecule has 7 heteroatoms. The summed E-state index contributed by atoms with van der Waals surface area (Å²) in [6.45, 7) is 4.05. The molecule has 0 aromatic heterocycles. The number of carbonyl (C=O) groups excluding carboxylic acids is 1. The molecule has 27 heavy (non-hydrogen) atoms.